The van der Waals surface area contributed by atoms with E-state index in [1.807, 2.05) is 6.07 Å². The minimum atomic E-state index is -1.02. The molecule has 0 aliphatic carbocycles. The summed E-state index contributed by atoms with van der Waals surface area (Å²) in [6.45, 7) is 3.09. The van der Waals surface area contributed by atoms with Crippen LogP contribution in [-0.2, 0) is 4.79 Å². The number of hydrogen-bond acceptors (Lipinski definition) is 6. The number of amides is 1. The third-order valence-corrected chi connectivity index (χ3v) is 5.90. The summed E-state index contributed by atoms with van der Waals surface area (Å²) in [5, 5.41) is 11.5. The molecule has 1 aliphatic rings. The zero-order chi connectivity index (χ0) is 22.5. The molecule has 6 nitrogen and oxygen atoms in total. The molecule has 3 aromatic rings. The van der Waals surface area contributed by atoms with Gasteiger partial charge in [0.15, 0.2) is 17.5 Å². The summed E-state index contributed by atoms with van der Waals surface area (Å²) < 4.78 is 39.3. The van der Waals surface area contributed by atoms with E-state index in [9.17, 15) is 18.0 Å². The van der Waals surface area contributed by atoms with E-state index in [4.69, 9.17) is 0 Å². The molecule has 2 aromatic carbocycles. The second kappa shape index (κ2) is 9.90. The number of carbonyl (C=O) groups is 1. The lowest BCUT2D eigenvalue weighted by atomic mass is 10.2. The molecule has 10 heteroatoms. The first kappa shape index (κ1) is 21.9. The van der Waals surface area contributed by atoms with E-state index in [2.05, 4.69) is 25.3 Å². The number of rotatable bonds is 6. The SMILES string of the molecule is O=C(CSc1ccc(N2CCN(c3ccc(F)cc3)CC2)nn1)Nc1ccc(F)c(F)c1. The Labute approximate surface area is 187 Å². The fourth-order valence-electron chi connectivity index (χ4n) is 3.31. The summed E-state index contributed by atoms with van der Waals surface area (Å²) in [4.78, 5) is 16.3. The predicted octanol–water partition coefficient (Wildman–Crippen LogP) is 3.95. The molecule has 0 radical (unpaired) electrons. The van der Waals surface area contributed by atoms with E-state index in [-0.39, 0.29) is 23.2 Å². The number of thioether (sulfide) groups is 1. The van der Waals surface area contributed by atoms with Gasteiger partial charge in [-0.1, -0.05) is 11.8 Å². The maximum atomic E-state index is 13.2. The number of piperazine rings is 1. The molecule has 0 spiro atoms. The predicted molar refractivity (Wildman–Crippen MR) is 119 cm³/mol. The normalized spacial score (nSPS) is 13.8. The number of anilines is 3. The second-order valence-corrected chi connectivity index (χ2v) is 8.14. The van der Waals surface area contributed by atoms with Gasteiger partial charge in [0.1, 0.15) is 10.8 Å². The average molecular weight is 459 g/mol. The van der Waals surface area contributed by atoms with Gasteiger partial charge in [0.25, 0.3) is 0 Å². The van der Waals surface area contributed by atoms with Crippen LogP contribution in [0, 0.1) is 17.5 Å². The van der Waals surface area contributed by atoms with Gasteiger partial charge in [-0.2, -0.15) is 0 Å². The van der Waals surface area contributed by atoms with Crippen LogP contribution in [0.15, 0.2) is 59.6 Å². The van der Waals surface area contributed by atoms with Gasteiger partial charge in [0.05, 0.1) is 5.75 Å². The Hall–Kier alpha value is -3.27. The first-order chi connectivity index (χ1) is 15.5. The third kappa shape index (κ3) is 5.50. The highest BCUT2D eigenvalue weighted by molar-refractivity contribution is 7.99. The van der Waals surface area contributed by atoms with Gasteiger partial charge in [-0.05, 0) is 48.5 Å². The minimum absolute atomic E-state index is 0.0589. The van der Waals surface area contributed by atoms with Gasteiger partial charge >= 0.3 is 0 Å². The van der Waals surface area contributed by atoms with Crippen LogP contribution in [0.25, 0.3) is 0 Å². The molecule has 1 amide bonds. The molecule has 1 saturated heterocycles. The molecule has 1 aliphatic heterocycles. The van der Waals surface area contributed by atoms with E-state index in [1.54, 1.807) is 18.2 Å². The number of aromatic nitrogens is 2. The average Bonchev–Trinajstić information content (AvgIpc) is 2.81. The van der Waals surface area contributed by atoms with Gasteiger partial charge in [-0.25, -0.2) is 13.2 Å². The number of halogens is 3. The Bertz CT molecular complexity index is 1070. The van der Waals surface area contributed by atoms with E-state index in [0.29, 0.717) is 5.03 Å². The van der Waals surface area contributed by atoms with Crippen molar-refractivity contribution in [2.75, 3.05) is 47.0 Å². The van der Waals surface area contributed by atoms with E-state index < -0.39 is 11.6 Å². The van der Waals surface area contributed by atoms with Crippen molar-refractivity contribution in [3.8, 4) is 0 Å². The molecule has 0 unspecified atom stereocenters. The standard InChI is InChI=1S/C22H20F3N5OS/c23-15-1-4-17(5-2-15)29-9-11-30(12-10-29)20-7-8-22(28-27-20)32-14-21(31)26-16-3-6-18(24)19(25)13-16/h1-8,13H,9-12,14H2,(H,26,31). The molecule has 1 aromatic heterocycles. The van der Waals surface area contributed by atoms with Gasteiger partial charge in [-0.3, -0.25) is 4.79 Å². The summed E-state index contributed by atoms with van der Waals surface area (Å²) in [5.41, 5.74) is 1.18. The van der Waals surface area contributed by atoms with Crippen molar-refractivity contribution in [3.63, 3.8) is 0 Å². The summed E-state index contributed by atoms with van der Waals surface area (Å²) in [6.07, 6.45) is 0. The highest BCUT2D eigenvalue weighted by Gasteiger charge is 2.19. The van der Waals surface area contributed by atoms with Crippen molar-refractivity contribution in [2.45, 2.75) is 5.03 Å². The van der Waals surface area contributed by atoms with Gasteiger partial charge in [-0.15, -0.1) is 10.2 Å². The summed E-state index contributed by atoms with van der Waals surface area (Å²) in [7, 11) is 0. The summed E-state index contributed by atoms with van der Waals surface area (Å²) in [6, 6.07) is 13.3. The fraction of sp³-hybridized carbons (Fsp3) is 0.227. The Balaban J connectivity index is 1.25. The van der Waals surface area contributed by atoms with Crippen molar-refractivity contribution < 1.29 is 18.0 Å². The molecular formula is C22H20F3N5OS. The molecule has 1 fully saturated rings. The second-order valence-electron chi connectivity index (χ2n) is 7.15. The Morgan fingerprint density at radius 2 is 1.59 bits per heavy atom. The summed E-state index contributed by atoms with van der Waals surface area (Å²) in [5.74, 6) is -1.78. The first-order valence-corrected chi connectivity index (χ1v) is 10.9. The molecule has 166 valence electrons. The lowest BCUT2D eigenvalue weighted by Gasteiger charge is -2.36. The van der Waals surface area contributed by atoms with Gasteiger partial charge in [0.2, 0.25) is 5.91 Å². The Morgan fingerprint density at radius 1 is 0.875 bits per heavy atom. The van der Waals surface area contributed by atoms with Crippen molar-refractivity contribution in [3.05, 3.63) is 72.0 Å². The van der Waals surface area contributed by atoms with Gasteiger partial charge < -0.3 is 15.1 Å². The molecule has 2 heterocycles. The molecular weight excluding hydrogens is 439 g/mol. The Kier molecular flexibility index (Phi) is 6.79. The van der Waals surface area contributed by atoms with Crippen LogP contribution in [0.1, 0.15) is 0 Å². The molecule has 1 N–H and O–H groups in total. The van der Waals surface area contributed by atoms with Crippen molar-refractivity contribution in [2.24, 2.45) is 0 Å². The first-order valence-electron chi connectivity index (χ1n) is 9.95. The smallest absolute Gasteiger partial charge is 0.234 e. The number of carbonyl (C=O) groups excluding carboxylic acids is 1. The number of nitrogens with one attached hydrogen (secondary N) is 1. The zero-order valence-electron chi connectivity index (χ0n) is 17.0. The monoisotopic (exact) mass is 459 g/mol. The highest BCUT2D eigenvalue weighted by atomic mass is 32.2. The van der Waals surface area contributed by atoms with Crippen LogP contribution in [0.4, 0.5) is 30.4 Å². The maximum Gasteiger partial charge on any atom is 0.234 e. The lowest BCUT2D eigenvalue weighted by molar-refractivity contribution is -0.113. The number of benzene rings is 2. The van der Waals surface area contributed by atoms with Crippen LogP contribution in [-0.4, -0.2) is 48.0 Å². The summed E-state index contributed by atoms with van der Waals surface area (Å²) >= 11 is 1.20. The topological polar surface area (TPSA) is 61.4 Å². The van der Waals surface area contributed by atoms with Crippen LogP contribution in [0.3, 0.4) is 0 Å². The lowest BCUT2D eigenvalue weighted by Crippen LogP contribution is -2.46. The molecule has 0 atom stereocenters. The van der Waals surface area contributed by atoms with E-state index >= 15 is 0 Å². The fourth-order valence-corrected chi connectivity index (χ4v) is 3.93. The molecule has 32 heavy (non-hydrogen) atoms. The van der Waals surface area contributed by atoms with E-state index in [1.165, 1.54) is 30.0 Å². The molecule has 0 bridgehead atoms. The van der Waals surface area contributed by atoms with Crippen molar-refractivity contribution >= 4 is 34.9 Å². The zero-order valence-corrected chi connectivity index (χ0v) is 17.8. The van der Waals surface area contributed by atoms with Crippen LogP contribution in [0.5, 0.6) is 0 Å². The molecule has 4 rings (SSSR count). The largest absolute Gasteiger partial charge is 0.368 e. The van der Waals surface area contributed by atoms with Crippen molar-refractivity contribution in [1.29, 1.82) is 0 Å². The third-order valence-electron chi connectivity index (χ3n) is 4.98. The molecule has 0 saturated carbocycles. The van der Waals surface area contributed by atoms with Crippen LogP contribution >= 0.6 is 11.8 Å². The minimum Gasteiger partial charge on any atom is -0.368 e. The van der Waals surface area contributed by atoms with Crippen LogP contribution in [0.2, 0.25) is 0 Å². The number of hydrogen-bond donors (Lipinski definition) is 1. The maximum absolute atomic E-state index is 13.2. The van der Waals surface area contributed by atoms with Crippen LogP contribution < -0.4 is 15.1 Å². The van der Waals surface area contributed by atoms with E-state index in [0.717, 1.165) is 49.8 Å². The quantitative estimate of drug-likeness (QED) is 0.564. The number of nitrogens with zero attached hydrogens (tertiary/aromatic N) is 4. The highest BCUT2D eigenvalue weighted by Crippen LogP contribution is 2.21. The van der Waals surface area contributed by atoms with Gasteiger partial charge in [0, 0.05) is 43.6 Å². The Morgan fingerprint density at radius 3 is 2.25 bits per heavy atom. The van der Waals surface area contributed by atoms with Crippen molar-refractivity contribution in [1.82, 2.24) is 10.2 Å².